The zero-order valence-electron chi connectivity index (χ0n) is 18.7. The highest BCUT2D eigenvalue weighted by Crippen LogP contribution is 2.55. The Hall–Kier alpha value is -0.940. The predicted octanol–water partition coefficient (Wildman–Crippen LogP) is 4.97. The number of aryl methyl sites for hydroxylation is 1. The maximum atomic E-state index is 12.8. The highest BCUT2D eigenvalue weighted by molar-refractivity contribution is 7.09. The third-order valence-corrected chi connectivity index (χ3v) is 9.33. The molecule has 30 heavy (non-hydrogen) atoms. The molecule has 5 aliphatic carbocycles. The number of fused-ring (bicyclic) bond motifs is 1. The zero-order chi connectivity index (χ0) is 20.6. The third-order valence-electron chi connectivity index (χ3n) is 8.43. The topological polar surface area (TPSA) is 45.2 Å². The molecule has 1 heterocycles. The van der Waals surface area contributed by atoms with E-state index in [9.17, 15) is 4.79 Å². The molecule has 166 valence electrons. The van der Waals surface area contributed by atoms with Crippen LogP contribution in [0.25, 0.3) is 0 Å². The molecule has 1 unspecified atom stereocenters. The Labute approximate surface area is 186 Å². The number of amides is 1. The van der Waals surface area contributed by atoms with E-state index in [4.69, 9.17) is 0 Å². The van der Waals surface area contributed by atoms with Crippen molar-refractivity contribution in [2.24, 2.45) is 17.8 Å². The number of nitrogens with one attached hydrogen (secondary N) is 1. The van der Waals surface area contributed by atoms with Gasteiger partial charge in [-0.15, -0.1) is 11.3 Å². The van der Waals surface area contributed by atoms with Crippen LogP contribution in [-0.2, 0) is 17.6 Å². The van der Waals surface area contributed by atoms with E-state index in [0.717, 1.165) is 43.6 Å². The molecule has 1 atom stereocenters. The molecule has 0 aliphatic heterocycles. The van der Waals surface area contributed by atoms with Crippen molar-refractivity contribution in [3.63, 3.8) is 0 Å². The van der Waals surface area contributed by atoms with E-state index < -0.39 is 0 Å². The standard InChI is InChI=1S/C25H39N3OS/c1-2-8-28(21-6-7-22-23(13-21)30-17-26-22)9-4-3-5-24(29)27-25-14-18-10-19(15-25)12-20(11-18)16-25/h17-21H,2-16H2,1H3,(H,27,29). The van der Waals surface area contributed by atoms with Crippen molar-refractivity contribution in [1.29, 1.82) is 0 Å². The lowest BCUT2D eigenvalue weighted by molar-refractivity contribution is -0.127. The van der Waals surface area contributed by atoms with Crippen LogP contribution >= 0.6 is 11.3 Å². The number of hydrogen-bond donors (Lipinski definition) is 1. The molecule has 4 saturated carbocycles. The lowest BCUT2D eigenvalue weighted by Gasteiger charge is -2.56. The van der Waals surface area contributed by atoms with E-state index in [-0.39, 0.29) is 5.54 Å². The molecular formula is C25H39N3OS. The molecule has 0 radical (unpaired) electrons. The van der Waals surface area contributed by atoms with Crippen LogP contribution in [0.2, 0.25) is 0 Å². The number of hydrogen-bond acceptors (Lipinski definition) is 4. The fourth-order valence-corrected chi connectivity index (χ4v) is 8.47. The van der Waals surface area contributed by atoms with Gasteiger partial charge in [0.1, 0.15) is 0 Å². The van der Waals surface area contributed by atoms with Crippen LogP contribution in [-0.4, -0.2) is 40.5 Å². The minimum atomic E-state index is 0.175. The van der Waals surface area contributed by atoms with Gasteiger partial charge >= 0.3 is 0 Å². The molecule has 0 aromatic carbocycles. The molecule has 4 fully saturated rings. The van der Waals surface area contributed by atoms with Crippen LogP contribution in [0.1, 0.15) is 88.1 Å². The van der Waals surface area contributed by atoms with Gasteiger partial charge in [0.2, 0.25) is 5.91 Å². The fourth-order valence-electron chi connectivity index (χ4n) is 7.58. The number of aromatic nitrogens is 1. The second-order valence-corrected chi connectivity index (χ2v) is 11.8. The minimum absolute atomic E-state index is 0.175. The second-order valence-electron chi connectivity index (χ2n) is 10.9. The smallest absolute Gasteiger partial charge is 0.220 e. The summed E-state index contributed by atoms with van der Waals surface area (Å²) in [5.74, 6) is 3.02. The van der Waals surface area contributed by atoms with E-state index in [2.05, 4.69) is 22.1 Å². The summed E-state index contributed by atoms with van der Waals surface area (Å²) in [6.45, 7) is 4.60. The Morgan fingerprint density at radius 1 is 1.17 bits per heavy atom. The van der Waals surface area contributed by atoms with Crippen molar-refractivity contribution < 1.29 is 4.79 Å². The first kappa shape index (κ1) is 20.9. The monoisotopic (exact) mass is 429 g/mol. The molecule has 0 saturated heterocycles. The lowest BCUT2D eigenvalue weighted by Crippen LogP contribution is -2.59. The van der Waals surface area contributed by atoms with E-state index in [1.807, 2.05) is 16.8 Å². The number of rotatable bonds is 9. The van der Waals surface area contributed by atoms with Crippen LogP contribution in [0.5, 0.6) is 0 Å². The quantitative estimate of drug-likeness (QED) is 0.564. The SMILES string of the molecule is CCCN(CCCCC(=O)NC12CC3CC(CC(C3)C1)C2)C1CCc2ncsc2C1. The molecule has 1 amide bonds. The van der Waals surface area contributed by atoms with Gasteiger partial charge in [-0.2, -0.15) is 0 Å². The Morgan fingerprint density at radius 2 is 1.90 bits per heavy atom. The van der Waals surface area contributed by atoms with Gasteiger partial charge in [0.15, 0.2) is 0 Å². The maximum absolute atomic E-state index is 12.8. The molecule has 5 heteroatoms. The zero-order valence-corrected chi connectivity index (χ0v) is 19.5. The van der Waals surface area contributed by atoms with Crippen LogP contribution < -0.4 is 5.32 Å². The highest BCUT2D eigenvalue weighted by atomic mass is 32.1. The van der Waals surface area contributed by atoms with Gasteiger partial charge in [-0.25, -0.2) is 4.98 Å². The summed E-state index contributed by atoms with van der Waals surface area (Å²) in [5.41, 5.74) is 3.53. The average molecular weight is 430 g/mol. The molecule has 0 spiro atoms. The lowest BCUT2D eigenvalue weighted by atomic mass is 9.53. The molecule has 1 aromatic rings. The second kappa shape index (κ2) is 8.90. The molecule has 1 aromatic heterocycles. The van der Waals surface area contributed by atoms with Gasteiger partial charge < -0.3 is 10.2 Å². The summed E-state index contributed by atoms with van der Waals surface area (Å²) >= 11 is 1.83. The number of unbranched alkanes of at least 4 members (excludes halogenated alkanes) is 1. The number of carbonyl (C=O) groups is 1. The van der Waals surface area contributed by atoms with Gasteiger partial charge in [0, 0.05) is 22.9 Å². The van der Waals surface area contributed by atoms with Crippen molar-refractivity contribution in [2.45, 2.75) is 102 Å². The first-order valence-electron chi connectivity index (χ1n) is 12.6. The Bertz CT molecular complexity index is 709. The van der Waals surface area contributed by atoms with Crippen molar-refractivity contribution in [2.75, 3.05) is 13.1 Å². The first-order valence-corrected chi connectivity index (χ1v) is 13.5. The number of thiazole rings is 1. The fraction of sp³-hybridized carbons (Fsp3) is 0.840. The maximum Gasteiger partial charge on any atom is 0.220 e. The Balaban J connectivity index is 1.07. The van der Waals surface area contributed by atoms with Gasteiger partial charge in [0.25, 0.3) is 0 Å². The molecule has 6 rings (SSSR count). The van der Waals surface area contributed by atoms with Gasteiger partial charge in [-0.1, -0.05) is 6.92 Å². The van der Waals surface area contributed by atoms with Gasteiger partial charge in [-0.3, -0.25) is 4.79 Å². The normalized spacial score (nSPS) is 34.3. The summed E-state index contributed by atoms with van der Waals surface area (Å²) in [5, 5.41) is 3.55. The van der Waals surface area contributed by atoms with Crippen molar-refractivity contribution in [1.82, 2.24) is 15.2 Å². The highest BCUT2D eigenvalue weighted by Gasteiger charge is 2.51. The van der Waals surface area contributed by atoms with E-state index in [1.54, 1.807) is 0 Å². The summed E-state index contributed by atoms with van der Waals surface area (Å²) in [6, 6.07) is 0.666. The van der Waals surface area contributed by atoms with Gasteiger partial charge in [0.05, 0.1) is 11.2 Å². The Kier molecular flexibility index (Phi) is 6.21. The molecule has 4 nitrogen and oxygen atoms in total. The largest absolute Gasteiger partial charge is 0.351 e. The first-order chi connectivity index (χ1) is 14.6. The molecule has 5 aliphatic rings. The summed E-state index contributed by atoms with van der Waals surface area (Å²) in [7, 11) is 0. The van der Waals surface area contributed by atoms with Crippen molar-refractivity contribution in [3.8, 4) is 0 Å². The van der Waals surface area contributed by atoms with Crippen LogP contribution in [0.15, 0.2) is 5.51 Å². The summed E-state index contributed by atoms with van der Waals surface area (Å²) in [4.78, 5) is 21.5. The molecule has 4 bridgehead atoms. The van der Waals surface area contributed by atoms with E-state index in [1.165, 1.54) is 74.9 Å². The van der Waals surface area contributed by atoms with Crippen LogP contribution in [0.3, 0.4) is 0 Å². The minimum Gasteiger partial charge on any atom is -0.351 e. The third kappa shape index (κ3) is 4.48. The average Bonchev–Trinajstić information content (AvgIpc) is 3.16. The molecular weight excluding hydrogens is 390 g/mol. The van der Waals surface area contributed by atoms with E-state index >= 15 is 0 Å². The van der Waals surface area contributed by atoms with Crippen LogP contribution in [0.4, 0.5) is 0 Å². The summed E-state index contributed by atoms with van der Waals surface area (Å²) < 4.78 is 0. The Morgan fingerprint density at radius 3 is 2.60 bits per heavy atom. The van der Waals surface area contributed by atoms with E-state index in [0.29, 0.717) is 18.4 Å². The predicted molar refractivity (Wildman–Crippen MR) is 123 cm³/mol. The molecule has 1 N–H and O–H groups in total. The summed E-state index contributed by atoms with van der Waals surface area (Å²) in [6.07, 6.45) is 15.7. The van der Waals surface area contributed by atoms with Crippen molar-refractivity contribution in [3.05, 3.63) is 16.1 Å². The number of carbonyl (C=O) groups excluding carboxylic acids is 1. The van der Waals surface area contributed by atoms with Gasteiger partial charge in [-0.05, 0) is 108 Å². The van der Waals surface area contributed by atoms with Crippen molar-refractivity contribution >= 4 is 17.2 Å². The van der Waals surface area contributed by atoms with Crippen LogP contribution in [0, 0.1) is 17.8 Å². The number of nitrogens with zero attached hydrogens (tertiary/aromatic N) is 2.